The number of aliphatic hydroxyl groups is 1. The highest BCUT2D eigenvalue weighted by Crippen LogP contribution is 2.25. The molecule has 0 bridgehead atoms. The van der Waals surface area contributed by atoms with Gasteiger partial charge in [0.2, 0.25) is 0 Å². The first-order chi connectivity index (χ1) is 7.79. The van der Waals surface area contributed by atoms with E-state index in [1.807, 2.05) is 20.8 Å². The lowest BCUT2D eigenvalue weighted by molar-refractivity contribution is 0.184. The molecule has 0 spiro atoms. The van der Waals surface area contributed by atoms with Crippen molar-refractivity contribution in [2.75, 3.05) is 5.73 Å². The van der Waals surface area contributed by atoms with E-state index in [0.717, 1.165) is 0 Å². The summed E-state index contributed by atoms with van der Waals surface area (Å²) < 4.78 is 0. The van der Waals surface area contributed by atoms with Crippen LogP contribution in [-0.2, 0) is 0 Å². The summed E-state index contributed by atoms with van der Waals surface area (Å²) in [4.78, 5) is 0. The third-order valence-corrected chi connectivity index (χ3v) is 2.40. The predicted molar refractivity (Wildman–Crippen MR) is 72.7 cm³/mol. The second-order valence-corrected chi connectivity index (χ2v) is 5.48. The monoisotopic (exact) mass is 251 g/mol. The molecule has 0 aromatic heterocycles. The first-order valence-electron chi connectivity index (χ1n) is 5.52. The van der Waals surface area contributed by atoms with Crippen LogP contribution >= 0.6 is 11.6 Å². The minimum absolute atomic E-state index is 0.0503. The first-order valence-corrected chi connectivity index (χ1v) is 5.90. The summed E-state index contributed by atoms with van der Waals surface area (Å²) in [6.07, 6.45) is -0.287. The molecule has 1 aromatic carbocycles. The molecule has 0 aliphatic rings. The Labute approximate surface area is 108 Å². The van der Waals surface area contributed by atoms with Gasteiger partial charge in [-0.15, -0.1) is 0 Å². The average molecular weight is 252 g/mol. The third-order valence-electron chi connectivity index (χ3n) is 2.17. The number of nitrogens with two attached hydrogens (primary N) is 1. The summed E-state index contributed by atoms with van der Waals surface area (Å²) in [5.41, 5.74) is 6.92. The van der Waals surface area contributed by atoms with Crippen LogP contribution in [0.25, 0.3) is 0 Å². The lowest BCUT2D eigenvalue weighted by Gasteiger charge is -2.11. The molecule has 3 heteroatoms. The second-order valence-electron chi connectivity index (χ2n) is 5.04. The molecular formula is C14H18ClNO. The van der Waals surface area contributed by atoms with E-state index in [1.165, 1.54) is 0 Å². The average Bonchev–Trinajstić information content (AvgIpc) is 2.15. The van der Waals surface area contributed by atoms with Crippen LogP contribution < -0.4 is 5.73 Å². The van der Waals surface area contributed by atoms with Crippen molar-refractivity contribution in [2.45, 2.75) is 33.3 Å². The zero-order valence-corrected chi connectivity index (χ0v) is 11.2. The van der Waals surface area contributed by atoms with Gasteiger partial charge in [0.25, 0.3) is 0 Å². The van der Waals surface area contributed by atoms with E-state index in [9.17, 15) is 5.11 Å². The molecule has 0 fully saturated rings. The Hall–Kier alpha value is -1.17. The summed E-state index contributed by atoms with van der Waals surface area (Å²) in [5.74, 6) is 6.05. The fourth-order valence-electron chi connectivity index (χ4n) is 1.37. The Morgan fingerprint density at radius 2 is 2.06 bits per heavy atom. The Morgan fingerprint density at radius 3 is 2.59 bits per heavy atom. The van der Waals surface area contributed by atoms with Crippen molar-refractivity contribution in [3.8, 4) is 11.8 Å². The summed E-state index contributed by atoms with van der Waals surface area (Å²) in [6, 6.07) is 5.09. The zero-order chi connectivity index (χ0) is 13.1. The number of aliphatic hydroxyl groups excluding tert-OH is 1. The molecule has 17 heavy (non-hydrogen) atoms. The summed E-state index contributed by atoms with van der Waals surface area (Å²) in [7, 11) is 0. The van der Waals surface area contributed by atoms with Crippen LogP contribution in [0, 0.1) is 17.3 Å². The van der Waals surface area contributed by atoms with Crippen molar-refractivity contribution in [2.24, 2.45) is 5.41 Å². The molecule has 1 rings (SSSR count). The molecular weight excluding hydrogens is 234 g/mol. The maximum absolute atomic E-state index is 9.96. The summed E-state index contributed by atoms with van der Waals surface area (Å²) in [5, 5.41) is 10.5. The van der Waals surface area contributed by atoms with Crippen LogP contribution in [0.2, 0.25) is 5.02 Å². The van der Waals surface area contributed by atoms with E-state index >= 15 is 0 Å². The van der Waals surface area contributed by atoms with E-state index in [2.05, 4.69) is 11.8 Å². The van der Waals surface area contributed by atoms with Gasteiger partial charge in [0, 0.05) is 28.1 Å². The van der Waals surface area contributed by atoms with Gasteiger partial charge in [-0.25, -0.2) is 0 Å². The Bertz CT molecular complexity index is 452. The van der Waals surface area contributed by atoms with Crippen molar-refractivity contribution in [3.63, 3.8) is 0 Å². The van der Waals surface area contributed by atoms with Crippen LogP contribution in [-0.4, -0.2) is 5.11 Å². The van der Waals surface area contributed by atoms with Gasteiger partial charge in [0.05, 0.1) is 6.10 Å². The highest BCUT2D eigenvalue weighted by Gasteiger charge is 2.10. The Kier molecular flexibility index (Phi) is 4.45. The number of nitrogen functional groups attached to an aromatic ring is 1. The van der Waals surface area contributed by atoms with Crippen LogP contribution in [0.4, 0.5) is 5.69 Å². The van der Waals surface area contributed by atoms with E-state index < -0.39 is 6.10 Å². The summed E-state index contributed by atoms with van der Waals surface area (Å²) >= 11 is 5.80. The molecule has 0 aliphatic heterocycles. The third kappa shape index (κ3) is 4.68. The van der Waals surface area contributed by atoms with Gasteiger partial charge in [-0.1, -0.05) is 29.5 Å². The van der Waals surface area contributed by atoms with Gasteiger partial charge in [0.1, 0.15) is 0 Å². The van der Waals surface area contributed by atoms with E-state index in [4.69, 9.17) is 17.3 Å². The lowest BCUT2D eigenvalue weighted by atomic mass is 9.97. The normalized spacial score (nSPS) is 12.8. The molecule has 1 unspecified atom stereocenters. The fraction of sp³-hybridized carbons (Fsp3) is 0.429. The maximum Gasteiger partial charge on any atom is 0.0919 e. The molecule has 1 atom stereocenters. The Morgan fingerprint density at radius 1 is 1.41 bits per heavy atom. The molecule has 0 aliphatic carbocycles. The standard InChI is InChI=1S/C14H18ClNO/c1-14(2,3)8-4-5-13(17)11-7-6-10(15)9-12(11)16/h6-7,9,13,17H,5,16H2,1-3H3. The molecule has 2 nitrogen and oxygen atoms in total. The van der Waals surface area contributed by atoms with Crippen molar-refractivity contribution in [3.05, 3.63) is 28.8 Å². The van der Waals surface area contributed by atoms with Gasteiger partial charge in [-0.3, -0.25) is 0 Å². The maximum atomic E-state index is 9.96. The SMILES string of the molecule is CC(C)(C)C#CCC(O)c1ccc(Cl)cc1N. The van der Waals surface area contributed by atoms with E-state index in [0.29, 0.717) is 22.7 Å². The summed E-state index contributed by atoms with van der Waals surface area (Å²) in [6.45, 7) is 6.09. The van der Waals surface area contributed by atoms with Crippen LogP contribution in [0.5, 0.6) is 0 Å². The van der Waals surface area contributed by atoms with Crippen molar-refractivity contribution in [1.29, 1.82) is 0 Å². The number of benzene rings is 1. The molecule has 3 N–H and O–H groups in total. The highest BCUT2D eigenvalue weighted by molar-refractivity contribution is 6.30. The molecule has 0 saturated carbocycles. The highest BCUT2D eigenvalue weighted by atomic mass is 35.5. The first kappa shape index (κ1) is 13.9. The minimum atomic E-state index is -0.665. The quantitative estimate of drug-likeness (QED) is 0.625. The zero-order valence-electron chi connectivity index (χ0n) is 10.4. The molecule has 0 radical (unpaired) electrons. The number of rotatable bonds is 2. The van der Waals surface area contributed by atoms with E-state index in [1.54, 1.807) is 18.2 Å². The number of halogens is 1. The smallest absolute Gasteiger partial charge is 0.0919 e. The van der Waals surface area contributed by atoms with Gasteiger partial charge < -0.3 is 10.8 Å². The minimum Gasteiger partial charge on any atom is -0.398 e. The number of anilines is 1. The molecule has 92 valence electrons. The topological polar surface area (TPSA) is 46.2 Å². The predicted octanol–water partition coefficient (Wildman–Crippen LogP) is 3.40. The van der Waals surface area contributed by atoms with Crippen molar-refractivity contribution in [1.82, 2.24) is 0 Å². The van der Waals surface area contributed by atoms with E-state index in [-0.39, 0.29) is 5.41 Å². The van der Waals surface area contributed by atoms with Crippen molar-refractivity contribution >= 4 is 17.3 Å². The largest absolute Gasteiger partial charge is 0.398 e. The Balaban J connectivity index is 2.76. The van der Waals surface area contributed by atoms with Crippen LogP contribution in [0.1, 0.15) is 38.9 Å². The van der Waals surface area contributed by atoms with Crippen LogP contribution in [0.15, 0.2) is 18.2 Å². The molecule has 0 heterocycles. The lowest BCUT2D eigenvalue weighted by Crippen LogP contribution is -2.03. The molecule has 0 saturated heterocycles. The van der Waals surface area contributed by atoms with Gasteiger partial charge in [-0.2, -0.15) is 0 Å². The van der Waals surface area contributed by atoms with Crippen LogP contribution in [0.3, 0.4) is 0 Å². The number of hydrogen-bond acceptors (Lipinski definition) is 2. The fourth-order valence-corrected chi connectivity index (χ4v) is 1.55. The molecule has 0 amide bonds. The van der Waals surface area contributed by atoms with Gasteiger partial charge in [-0.05, 0) is 32.9 Å². The molecule has 1 aromatic rings. The van der Waals surface area contributed by atoms with Gasteiger partial charge >= 0.3 is 0 Å². The second kappa shape index (κ2) is 5.44. The van der Waals surface area contributed by atoms with Crippen molar-refractivity contribution < 1.29 is 5.11 Å². The number of hydrogen-bond donors (Lipinski definition) is 2. The van der Waals surface area contributed by atoms with Gasteiger partial charge in [0.15, 0.2) is 0 Å².